The zero-order valence-electron chi connectivity index (χ0n) is 16.8. The molecule has 1 aromatic heterocycles. The molecule has 0 radical (unpaired) electrons. The number of imide groups is 1. The van der Waals surface area contributed by atoms with Gasteiger partial charge in [-0.1, -0.05) is 47.6 Å². The minimum atomic E-state index is -0.536. The Bertz CT molecular complexity index is 1220. The van der Waals surface area contributed by atoms with Gasteiger partial charge in [0.2, 0.25) is 5.91 Å². The van der Waals surface area contributed by atoms with E-state index in [-0.39, 0.29) is 11.4 Å². The highest BCUT2D eigenvalue weighted by Crippen LogP contribution is 2.34. The largest absolute Gasteiger partial charge is 0.450 e. The monoisotopic (exact) mass is 484 g/mol. The zero-order valence-corrected chi connectivity index (χ0v) is 19.2. The number of anilines is 1. The van der Waals surface area contributed by atoms with Gasteiger partial charge in [0, 0.05) is 21.7 Å². The molecule has 0 spiro atoms. The summed E-state index contributed by atoms with van der Waals surface area (Å²) in [7, 11) is 0. The molecule has 3 aromatic rings. The number of halogens is 1. The molecule has 1 saturated heterocycles. The molecule has 0 unspecified atom stereocenters. The number of rotatable bonds is 6. The van der Waals surface area contributed by atoms with Crippen LogP contribution in [0.2, 0.25) is 5.02 Å². The highest BCUT2D eigenvalue weighted by Gasteiger charge is 2.36. The van der Waals surface area contributed by atoms with Crippen molar-refractivity contribution in [3.05, 3.63) is 81.9 Å². The first kappa shape index (κ1) is 22.3. The van der Waals surface area contributed by atoms with Gasteiger partial charge in [-0.25, -0.2) is 0 Å². The van der Waals surface area contributed by atoms with E-state index >= 15 is 0 Å². The number of hydrogen-bond donors (Lipinski definition) is 1. The van der Waals surface area contributed by atoms with Gasteiger partial charge in [0.15, 0.2) is 5.09 Å². The molecule has 6 nitrogen and oxygen atoms in total. The van der Waals surface area contributed by atoms with E-state index in [9.17, 15) is 14.4 Å². The Hall–Kier alpha value is -2.94. The number of nitrogens with one attached hydrogen (secondary N) is 1. The maximum atomic E-state index is 12.7. The second kappa shape index (κ2) is 9.68. The fourth-order valence-electron chi connectivity index (χ4n) is 2.90. The first-order chi connectivity index (χ1) is 15.4. The van der Waals surface area contributed by atoms with Crippen molar-refractivity contribution < 1.29 is 18.8 Å². The van der Waals surface area contributed by atoms with E-state index in [1.807, 2.05) is 37.3 Å². The van der Waals surface area contributed by atoms with Crippen molar-refractivity contribution in [3.63, 3.8) is 0 Å². The summed E-state index contributed by atoms with van der Waals surface area (Å²) in [5.74, 6) is -0.571. The number of carbonyl (C=O) groups is 3. The SMILES string of the molecule is Cc1ccc(Cl)cc1NC(=O)CN1C(=O)S/C(=C\c2ccc(Sc3ccccc3)o2)C1=O. The van der Waals surface area contributed by atoms with E-state index in [1.54, 1.807) is 30.3 Å². The lowest BCUT2D eigenvalue weighted by atomic mass is 10.2. The summed E-state index contributed by atoms with van der Waals surface area (Å²) >= 11 is 8.20. The standard InChI is InChI=1S/C23H17ClN2O4S2/c1-14-7-8-15(24)11-18(14)25-20(27)13-26-22(28)19(32-23(26)29)12-16-9-10-21(30-16)31-17-5-3-2-4-6-17/h2-12H,13H2,1H3,(H,25,27)/b19-12-. The van der Waals surface area contributed by atoms with Crippen LogP contribution in [0.3, 0.4) is 0 Å². The van der Waals surface area contributed by atoms with Crippen LogP contribution in [0.15, 0.2) is 80.0 Å². The summed E-state index contributed by atoms with van der Waals surface area (Å²) in [6.45, 7) is 1.43. The number of benzene rings is 2. The Morgan fingerprint density at radius 1 is 1.16 bits per heavy atom. The van der Waals surface area contributed by atoms with Crippen molar-refractivity contribution in [1.82, 2.24) is 4.90 Å². The topological polar surface area (TPSA) is 79.6 Å². The van der Waals surface area contributed by atoms with Crippen LogP contribution in [0.4, 0.5) is 10.5 Å². The fourth-order valence-corrected chi connectivity index (χ4v) is 4.69. The molecular formula is C23H17ClN2O4S2. The van der Waals surface area contributed by atoms with Gasteiger partial charge >= 0.3 is 0 Å². The second-order valence-corrected chi connectivity index (χ2v) is 9.35. The molecule has 1 N–H and O–H groups in total. The third kappa shape index (κ3) is 5.27. The molecule has 1 fully saturated rings. The Labute approximate surface area is 198 Å². The van der Waals surface area contributed by atoms with E-state index in [4.69, 9.17) is 16.0 Å². The van der Waals surface area contributed by atoms with Crippen LogP contribution < -0.4 is 5.32 Å². The first-order valence-corrected chi connectivity index (χ1v) is 11.5. The fraction of sp³-hybridized carbons (Fsp3) is 0.0870. The number of carbonyl (C=O) groups excluding carboxylic acids is 3. The van der Waals surface area contributed by atoms with Gasteiger partial charge in [-0.05, 0) is 60.6 Å². The van der Waals surface area contributed by atoms with Gasteiger partial charge in [0.1, 0.15) is 12.3 Å². The lowest BCUT2D eigenvalue weighted by Gasteiger charge is -2.13. The average molecular weight is 485 g/mol. The molecule has 162 valence electrons. The summed E-state index contributed by atoms with van der Waals surface area (Å²) in [5.41, 5.74) is 1.35. The molecule has 0 bridgehead atoms. The lowest BCUT2D eigenvalue weighted by molar-refractivity contribution is -0.127. The van der Waals surface area contributed by atoms with Crippen LogP contribution in [0.25, 0.3) is 6.08 Å². The summed E-state index contributed by atoms with van der Waals surface area (Å²) in [6, 6.07) is 18.4. The molecule has 1 aliphatic rings. The molecule has 3 amide bonds. The molecule has 9 heteroatoms. The minimum absolute atomic E-state index is 0.201. The summed E-state index contributed by atoms with van der Waals surface area (Å²) in [4.78, 5) is 39.6. The van der Waals surface area contributed by atoms with Crippen LogP contribution in [0.1, 0.15) is 11.3 Å². The first-order valence-electron chi connectivity index (χ1n) is 9.53. The van der Waals surface area contributed by atoms with Crippen molar-refractivity contribution in [3.8, 4) is 0 Å². The summed E-state index contributed by atoms with van der Waals surface area (Å²) in [6.07, 6.45) is 1.51. The normalized spacial score (nSPS) is 14.9. The molecule has 4 rings (SSSR count). The third-order valence-electron chi connectivity index (χ3n) is 4.49. The predicted octanol–water partition coefficient (Wildman–Crippen LogP) is 6.07. The van der Waals surface area contributed by atoms with Crippen LogP contribution in [0.5, 0.6) is 0 Å². The Morgan fingerprint density at radius 2 is 1.94 bits per heavy atom. The van der Waals surface area contributed by atoms with E-state index < -0.39 is 17.1 Å². The van der Waals surface area contributed by atoms with Crippen LogP contribution in [0, 0.1) is 6.92 Å². The smallest absolute Gasteiger partial charge is 0.294 e. The molecular weight excluding hydrogens is 468 g/mol. The minimum Gasteiger partial charge on any atom is -0.450 e. The van der Waals surface area contributed by atoms with E-state index in [2.05, 4.69) is 5.32 Å². The molecule has 1 aliphatic heterocycles. The number of thioether (sulfide) groups is 1. The van der Waals surface area contributed by atoms with E-state index in [1.165, 1.54) is 17.8 Å². The third-order valence-corrected chi connectivity index (χ3v) is 6.56. The van der Waals surface area contributed by atoms with Crippen molar-refractivity contribution in [2.75, 3.05) is 11.9 Å². The molecule has 0 atom stereocenters. The van der Waals surface area contributed by atoms with E-state index in [0.29, 0.717) is 21.6 Å². The molecule has 0 aliphatic carbocycles. The zero-order chi connectivity index (χ0) is 22.7. The van der Waals surface area contributed by atoms with Crippen molar-refractivity contribution >= 4 is 63.9 Å². The number of hydrogen-bond acceptors (Lipinski definition) is 6. The maximum absolute atomic E-state index is 12.7. The van der Waals surface area contributed by atoms with Crippen LogP contribution >= 0.6 is 35.1 Å². The summed E-state index contributed by atoms with van der Waals surface area (Å²) in [5, 5.41) is 3.32. The second-order valence-electron chi connectivity index (χ2n) is 6.85. The highest BCUT2D eigenvalue weighted by molar-refractivity contribution is 8.18. The van der Waals surface area contributed by atoms with Crippen molar-refractivity contribution in [2.24, 2.45) is 0 Å². The van der Waals surface area contributed by atoms with Crippen molar-refractivity contribution in [1.29, 1.82) is 0 Å². The van der Waals surface area contributed by atoms with Crippen LogP contribution in [-0.2, 0) is 9.59 Å². The van der Waals surface area contributed by atoms with Gasteiger partial charge in [-0.2, -0.15) is 0 Å². The number of nitrogens with zero attached hydrogens (tertiary/aromatic N) is 1. The van der Waals surface area contributed by atoms with Gasteiger partial charge in [0.05, 0.1) is 4.91 Å². The number of furan rings is 1. The molecule has 0 saturated carbocycles. The van der Waals surface area contributed by atoms with Gasteiger partial charge < -0.3 is 9.73 Å². The van der Waals surface area contributed by atoms with Gasteiger partial charge in [-0.15, -0.1) is 0 Å². The number of amides is 3. The average Bonchev–Trinajstić information content (AvgIpc) is 3.31. The maximum Gasteiger partial charge on any atom is 0.294 e. The van der Waals surface area contributed by atoms with E-state index in [0.717, 1.165) is 27.1 Å². The lowest BCUT2D eigenvalue weighted by Crippen LogP contribution is -2.36. The Balaban J connectivity index is 1.42. The van der Waals surface area contributed by atoms with Crippen LogP contribution in [-0.4, -0.2) is 28.5 Å². The van der Waals surface area contributed by atoms with Crippen molar-refractivity contribution in [2.45, 2.75) is 16.9 Å². The quantitative estimate of drug-likeness (QED) is 0.428. The Morgan fingerprint density at radius 3 is 2.72 bits per heavy atom. The predicted molar refractivity (Wildman–Crippen MR) is 127 cm³/mol. The number of aryl methyl sites for hydroxylation is 1. The molecule has 2 aromatic carbocycles. The van der Waals surface area contributed by atoms with Gasteiger partial charge in [-0.3, -0.25) is 19.3 Å². The molecule has 2 heterocycles. The summed E-state index contributed by atoms with van der Waals surface area (Å²) < 4.78 is 5.75. The van der Waals surface area contributed by atoms with Gasteiger partial charge in [0.25, 0.3) is 11.1 Å². The Kier molecular flexibility index (Phi) is 6.74. The molecule has 32 heavy (non-hydrogen) atoms. The highest BCUT2D eigenvalue weighted by atomic mass is 35.5.